The van der Waals surface area contributed by atoms with Crippen LogP contribution in [-0.2, 0) is 11.2 Å². The molecule has 1 saturated carbocycles. The first-order chi connectivity index (χ1) is 13.6. The van der Waals surface area contributed by atoms with Crippen molar-refractivity contribution in [1.82, 2.24) is 15.0 Å². The predicted molar refractivity (Wildman–Crippen MR) is 109 cm³/mol. The first kappa shape index (κ1) is 18.6. The van der Waals surface area contributed by atoms with E-state index in [1.807, 2.05) is 42.5 Å². The highest BCUT2D eigenvalue weighted by molar-refractivity contribution is 6.33. The van der Waals surface area contributed by atoms with Crippen molar-refractivity contribution in [1.29, 1.82) is 0 Å². The lowest BCUT2D eigenvalue weighted by Crippen LogP contribution is -2.22. The van der Waals surface area contributed by atoms with Crippen molar-refractivity contribution in [2.45, 2.75) is 32.1 Å². The van der Waals surface area contributed by atoms with E-state index in [2.05, 4.69) is 15.0 Å². The molecule has 0 radical (unpaired) electrons. The number of H-pyrrole nitrogens is 1. The van der Waals surface area contributed by atoms with E-state index in [1.165, 1.54) is 0 Å². The fourth-order valence-electron chi connectivity index (χ4n) is 3.34. The van der Waals surface area contributed by atoms with Crippen molar-refractivity contribution >= 4 is 17.4 Å². The van der Waals surface area contributed by atoms with Gasteiger partial charge in [-0.1, -0.05) is 54.4 Å². The Kier molecular flexibility index (Phi) is 5.35. The van der Waals surface area contributed by atoms with Gasteiger partial charge in [0.25, 0.3) is 0 Å². The van der Waals surface area contributed by atoms with Crippen LogP contribution in [-0.4, -0.2) is 20.7 Å². The molecular formula is C22H20ClN3O2. The molecule has 3 aromatic rings. The van der Waals surface area contributed by atoms with Crippen LogP contribution in [0.2, 0.25) is 5.02 Å². The summed E-state index contributed by atoms with van der Waals surface area (Å²) in [6.07, 6.45) is 4.39. The standard InChI is InChI=1S/C22H20ClN3O2/c23-18-11-9-14(10-12-19(27)15-7-4-8-15)13-17(18)21-24-20(25-22(28)26-21)16-5-2-1-3-6-16/h1-3,5-6,9,11,13,15H,4,7-8,10,12H2,(H,24,25,26,28). The number of hydrogen-bond donors (Lipinski definition) is 1. The van der Waals surface area contributed by atoms with Crippen molar-refractivity contribution in [2.75, 3.05) is 0 Å². The minimum absolute atomic E-state index is 0.249. The fourth-order valence-corrected chi connectivity index (χ4v) is 3.55. The molecule has 1 N–H and O–H groups in total. The molecule has 4 rings (SSSR count). The highest BCUT2D eigenvalue weighted by Crippen LogP contribution is 2.30. The summed E-state index contributed by atoms with van der Waals surface area (Å²) in [5.74, 6) is 1.31. The Morgan fingerprint density at radius 3 is 2.61 bits per heavy atom. The van der Waals surface area contributed by atoms with Crippen molar-refractivity contribution in [2.24, 2.45) is 5.92 Å². The predicted octanol–water partition coefficient (Wildman–Crippen LogP) is 4.45. The van der Waals surface area contributed by atoms with Gasteiger partial charge in [0.2, 0.25) is 0 Å². The van der Waals surface area contributed by atoms with E-state index in [1.54, 1.807) is 6.07 Å². The second kappa shape index (κ2) is 8.07. The lowest BCUT2D eigenvalue weighted by molar-refractivity contribution is -0.125. The Morgan fingerprint density at radius 2 is 1.89 bits per heavy atom. The Morgan fingerprint density at radius 1 is 1.11 bits per heavy atom. The van der Waals surface area contributed by atoms with Crippen molar-refractivity contribution in [3.8, 4) is 22.8 Å². The zero-order valence-electron chi connectivity index (χ0n) is 15.3. The summed E-state index contributed by atoms with van der Waals surface area (Å²) in [5, 5.41) is 0.488. The quantitative estimate of drug-likeness (QED) is 0.671. The highest BCUT2D eigenvalue weighted by Gasteiger charge is 2.24. The smallest absolute Gasteiger partial charge is 0.299 e. The fraction of sp³-hybridized carbons (Fsp3) is 0.273. The second-order valence-corrected chi connectivity index (χ2v) is 7.51. The molecule has 0 spiro atoms. The molecule has 0 saturated heterocycles. The normalized spacial score (nSPS) is 13.9. The number of carbonyl (C=O) groups is 1. The summed E-state index contributed by atoms with van der Waals surface area (Å²) in [4.78, 5) is 35.4. The summed E-state index contributed by atoms with van der Waals surface area (Å²) in [6.45, 7) is 0. The molecule has 2 aromatic carbocycles. The van der Waals surface area contributed by atoms with Gasteiger partial charge >= 0.3 is 5.69 Å². The van der Waals surface area contributed by atoms with E-state index in [0.29, 0.717) is 40.9 Å². The number of Topliss-reactive ketones (excluding diaryl/α,β-unsaturated/α-hetero) is 1. The van der Waals surface area contributed by atoms with Crippen LogP contribution in [0.15, 0.2) is 53.3 Å². The third-order valence-electron chi connectivity index (χ3n) is 5.19. The summed E-state index contributed by atoms with van der Waals surface area (Å²) in [7, 11) is 0. The molecule has 1 fully saturated rings. The average Bonchev–Trinajstić information content (AvgIpc) is 2.66. The first-order valence-electron chi connectivity index (χ1n) is 9.45. The SMILES string of the molecule is O=C(CCc1ccc(Cl)c(-c2nc(-c3ccccc3)nc(=O)[nH]2)c1)C1CCC1. The Bertz CT molecular complexity index is 1060. The highest BCUT2D eigenvalue weighted by atomic mass is 35.5. The second-order valence-electron chi connectivity index (χ2n) is 7.10. The lowest BCUT2D eigenvalue weighted by atomic mass is 9.80. The van der Waals surface area contributed by atoms with E-state index in [9.17, 15) is 9.59 Å². The molecule has 1 aliphatic carbocycles. The summed E-state index contributed by atoms with van der Waals surface area (Å²) in [6, 6.07) is 14.9. The Balaban J connectivity index is 1.62. The van der Waals surface area contributed by atoms with Gasteiger partial charge in [0, 0.05) is 23.5 Å². The van der Waals surface area contributed by atoms with Gasteiger partial charge in [-0.05, 0) is 37.0 Å². The number of hydrogen-bond acceptors (Lipinski definition) is 4. The number of carbonyl (C=O) groups excluding carboxylic acids is 1. The minimum Gasteiger partial charge on any atom is -0.299 e. The van der Waals surface area contributed by atoms with Gasteiger partial charge in [-0.2, -0.15) is 4.98 Å². The van der Waals surface area contributed by atoms with Gasteiger partial charge in [0.15, 0.2) is 5.82 Å². The third-order valence-corrected chi connectivity index (χ3v) is 5.52. The lowest BCUT2D eigenvalue weighted by Gasteiger charge is -2.23. The molecule has 0 aliphatic heterocycles. The van der Waals surface area contributed by atoms with Crippen molar-refractivity contribution < 1.29 is 4.79 Å². The minimum atomic E-state index is -0.481. The molecule has 0 unspecified atom stereocenters. The van der Waals surface area contributed by atoms with Gasteiger partial charge in [-0.25, -0.2) is 9.78 Å². The molecule has 0 amide bonds. The van der Waals surface area contributed by atoms with Crippen LogP contribution in [0.25, 0.3) is 22.8 Å². The molecule has 1 aromatic heterocycles. The first-order valence-corrected chi connectivity index (χ1v) is 9.83. The van der Waals surface area contributed by atoms with Gasteiger partial charge in [-0.3, -0.25) is 9.78 Å². The molecular weight excluding hydrogens is 374 g/mol. The van der Waals surface area contributed by atoms with Crippen LogP contribution >= 0.6 is 11.6 Å². The number of aryl methyl sites for hydroxylation is 1. The molecule has 28 heavy (non-hydrogen) atoms. The maximum absolute atomic E-state index is 12.2. The number of aromatic amines is 1. The average molecular weight is 394 g/mol. The molecule has 142 valence electrons. The van der Waals surface area contributed by atoms with Crippen LogP contribution in [0, 0.1) is 5.92 Å². The van der Waals surface area contributed by atoms with E-state index >= 15 is 0 Å². The Labute approximate surface area is 167 Å². The summed E-state index contributed by atoms with van der Waals surface area (Å²) < 4.78 is 0. The monoisotopic (exact) mass is 393 g/mol. The zero-order chi connectivity index (χ0) is 19.5. The van der Waals surface area contributed by atoms with E-state index < -0.39 is 5.69 Å². The summed E-state index contributed by atoms with van der Waals surface area (Å²) in [5.41, 5.74) is 1.90. The van der Waals surface area contributed by atoms with Crippen LogP contribution in [0.3, 0.4) is 0 Å². The van der Waals surface area contributed by atoms with E-state index in [-0.39, 0.29) is 5.92 Å². The number of ketones is 1. The van der Waals surface area contributed by atoms with Crippen LogP contribution in [0.5, 0.6) is 0 Å². The molecule has 0 atom stereocenters. The number of nitrogens with zero attached hydrogens (tertiary/aromatic N) is 2. The summed E-state index contributed by atoms with van der Waals surface area (Å²) >= 11 is 6.38. The van der Waals surface area contributed by atoms with Crippen LogP contribution < -0.4 is 5.69 Å². The molecule has 6 heteroatoms. The van der Waals surface area contributed by atoms with Gasteiger partial charge in [0.1, 0.15) is 11.6 Å². The molecule has 0 bridgehead atoms. The van der Waals surface area contributed by atoms with E-state index in [4.69, 9.17) is 11.6 Å². The Hall–Kier alpha value is -2.79. The van der Waals surface area contributed by atoms with Crippen LogP contribution in [0.1, 0.15) is 31.2 Å². The van der Waals surface area contributed by atoms with E-state index in [0.717, 1.165) is 30.4 Å². The number of rotatable bonds is 6. The number of aromatic nitrogens is 3. The number of nitrogens with one attached hydrogen (secondary N) is 1. The van der Waals surface area contributed by atoms with Crippen molar-refractivity contribution in [3.05, 3.63) is 69.6 Å². The molecule has 1 heterocycles. The van der Waals surface area contributed by atoms with Gasteiger partial charge in [-0.15, -0.1) is 0 Å². The number of halogens is 1. The molecule has 1 aliphatic rings. The number of benzene rings is 2. The van der Waals surface area contributed by atoms with Gasteiger partial charge < -0.3 is 0 Å². The topological polar surface area (TPSA) is 75.7 Å². The molecule has 5 nitrogen and oxygen atoms in total. The zero-order valence-corrected chi connectivity index (χ0v) is 16.1. The maximum Gasteiger partial charge on any atom is 0.348 e. The third kappa shape index (κ3) is 4.04. The van der Waals surface area contributed by atoms with Crippen molar-refractivity contribution in [3.63, 3.8) is 0 Å². The van der Waals surface area contributed by atoms with Crippen LogP contribution in [0.4, 0.5) is 0 Å². The maximum atomic E-state index is 12.2. The largest absolute Gasteiger partial charge is 0.348 e. The van der Waals surface area contributed by atoms with Gasteiger partial charge in [0.05, 0.1) is 5.02 Å².